The van der Waals surface area contributed by atoms with Crippen molar-refractivity contribution in [3.63, 3.8) is 0 Å². The lowest BCUT2D eigenvalue weighted by Gasteiger charge is -2.15. The Morgan fingerprint density at radius 1 is 1.30 bits per heavy atom. The molecule has 2 amide bonds. The van der Waals surface area contributed by atoms with Gasteiger partial charge >= 0.3 is 6.09 Å². The summed E-state index contributed by atoms with van der Waals surface area (Å²) in [7, 11) is 0. The highest BCUT2D eigenvalue weighted by atomic mass is 16.6. The monoisotopic (exact) mass is 314 g/mol. The van der Waals surface area contributed by atoms with Gasteiger partial charge in [-0.1, -0.05) is 6.07 Å². The van der Waals surface area contributed by atoms with Gasteiger partial charge in [-0.05, 0) is 44.2 Å². The van der Waals surface area contributed by atoms with Gasteiger partial charge < -0.3 is 14.5 Å². The Labute approximate surface area is 134 Å². The van der Waals surface area contributed by atoms with Crippen LogP contribution in [0.3, 0.4) is 0 Å². The molecule has 1 aliphatic rings. The number of amides is 2. The van der Waals surface area contributed by atoms with E-state index in [0.717, 1.165) is 5.76 Å². The molecule has 1 fully saturated rings. The average molecular weight is 314 g/mol. The summed E-state index contributed by atoms with van der Waals surface area (Å²) in [5.41, 5.74) is 1.14. The van der Waals surface area contributed by atoms with Crippen molar-refractivity contribution in [1.29, 1.82) is 0 Å². The topological polar surface area (TPSA) is 71.8 Å². The van der Waals surface area contributed by atoms with Gasteiger partial charge in [0.2, 0.25) is 0 Å². The number of ether oxygens (including phenoxy) is 1. The van der Waals surface area contributed by atoms with Gasteiger partial charge in [0, 0.05) is 11.3 Å². The number of rotatable bonds is 4. The van der Waals surface area contributed by atoms with Gasteiger partial charge in [-0.15, -0.1) is 0 Å². The van der Waals surface area contributed by atoms with Crippen LogP contribution in [0.25, 0.3) is 0 Å². The predicted molar refractivity (Wildman–Crippen MR) is 84.5 cm³/mol. The van der Waals surface area contributed by atoms with Crippen molar-refractivity contribution in [3.8, 4) is 0 Å². The van der Waals surface area contributed by atoms with E-state index in [9.17, 15) is 9.59 Å². The second kappa shape index (κ2) is 6.16. The predicted octanol–water partition coefficient (Wildman–Crippen LogP) is 3.04. The number of carbonyl (C=O) groups excluding carboxylic acids is 2. The summed E-state index contributed by atoms with van der Waals surface area (Å²) in [5.74, 6) is 1.28. The van der Waals surface area contributed by atoms with Crippen LogP contribution in [-0.2, 0) is 4.74 Å². The van der Waals surface area contributed by atoms with E-state index in [0.29, 0.717) is 30.2 Å². The fourth-order valence-electron chi connectivity index (χ4n) is 2.48. The minimum Gasteiger partial charge on any atom is -0.464 e. The number of nitrogens with zero attached hydrogens (tertiary/aromatic N) is 1. The molecule has 23 heavy (non-hydrogen) atoms. The first-order valence-electron chi connectivity index (χ1n) is 7.46. The molecule has 0 bridgehead atoms. The van der Waals surface area contributed by atoms with Crippen molar-refractivity contribution in [2.75, 3.05) is 18.1 Å². The molecule has 2 heterocycles. The molecule has 1 unspecified atom stereocenters. The van der Waals surface area contributed by atoms with E-state index < -0.39 is 0 Å². The molecule has 1 aliphatic heterocycles. The number of hydrogen-bond donors (Lipinski definition) is 1. The second-order valence-electron chi connectivity index (χ2n) is 5.46. The standard InChI is InChI=1S/C17H18N2O4/c1-11-6-7-15(23-11)12(2)18-16(20)13-4-3-5-14(10-13)19-8-9-22-17(19)21/h3-7,10,12H,8-9H2,1-2H3,(H,18,20). The number of furan rings is 1. The van der Waals surface area contributed by atoms with E-state index in [1.165, 1.54) is 4.90 Å². The molecule has 1 aromatic carbocycles. The van der Waals surface area contributed by atoms with Crippen LogP contribution < -0.4 is 10.2 Å². The average Bonchev–Trinajstić information content (AvgIpc) is 3.16. The molecule has 1 saturated heterocycles. The maximum atomic E-state index is 12.4. The smallest absolute Gasteiger partial charge is 0.414 e. The van der Waals surface area contributed by atoms with E-state index in [4.69, 9.17) is 9.15 Å². The molecule has 2 aromatic rings. The van der Waals surface area contributed by atoms with E-state index in [1.807, 2.05) is 26.0 Å². The number of nitrogens with one attached hydrogen (secondary N) is 1. The van der Waals surface area contributed by atoms with Crippen molar-refractivity contribution < 1.29 is 18.7 Å². The Balaban J connectivity index is 1.73. The van der Waals surface area contributed by atoms with Crippen molar-refractivity contribution in [2.45, 2.75) is 19.9 Å². The third-order valence-corrected chi connectivity index (χ3v) is 3.72. The fourth-order valence-corrected chi connectivity index (χ4v) is 2.48. The van der Waals surface area contributed by atoms with Crippen LogP contribution in [0.15, 0.2) is 40.8 Å². The van der Waals surface area contributed by atoms with Crippen LogP contribution in [0.2, 0.25) is 0 Å². The van der Waals surface area contributed by atoms with Crippen LogP contribution in [0.4, 0.5) is 10.5 Å². The Bertz CT molecular complexity index is 738. The SMILES string of the molecule is Cc1ccc(C(C)NC(=O)c2cccc(N3CCOC3=O)c2)o1. The molecule has 0 radical (unpaired) electrons. The van der Waals surface area contributed by atoms with Gasteiger partial charge in [-0.3, -0.25) is 9.69 Å². The zero-order chi connectivity index (χ0) is 16.4. The Morgan fingerprint density at radius 2 is 2.13 bits per heavy atom. The minimum atomic E-state index is -0.387. The molecule has 6 nitrogen and oxygen atoms in total. The molecule has 1 atom stereocenters. The maximum Gasteiger partial charge on any atom is 0.414 e. The summed E-state index contributed by atoms with van der Waals surface area (Å²) in [5, 5.41) is 2.89. The largest absolute Gasteiger partial charge is 0.464 e. The molecular weight excluding hydrogens is 296 g/mol. The summed E-state index contributed by atoms with van der Waals surface area (Å²) in [6, 6.07) is 10.4. The molecule has 120 valence electrons. The van der Waals surface area contributed by atoms with Crippen molar-refractivity contribution in [3.05, 3.63) is 53.5 Å². The normalized spacial score (nSPS) is 15.4. The Morgan fingerprint density at radius 3 is 2.78 bits per heavy atom. The summed E-state index contributed by atoms with van der Waals surface area (Å²) in [6.45, 7) is 4.57. The van der Waals surface area contributed by atoms with E-state index in [1.54, 1.807) is 24.3 Å². The van der Waals surface area contributed by atoms with Crippen LogP contribution >= 0.6 is 0 Å². The van der Waals surface area contributed by atoms with Crippen LogP contribution in [-0.4, -0.2) is 25.2 Å². The van der Waals surface area contributed by atoms with Gasteiger partial charge in [0.05, 0.1) is 12.6 Å². The number of anilines is 1. The third kappa shape index (κ3) is 3.21. The maximum absolute atomic E-state index is 12.4. The summed E-state index contributed by atoms with van der Waals surface area (Å²) in [4.78, 5) is 25.5. The highest BCUT2D eigenvalue weighted by Gasteiger charge is 2.24. The fraction of sp³-hybridized carbons (Fsp3) is 0.294. The van der Waals surface area contributed by atoms with Gasteiger partial charge in [-0.2, -0.15) is 0 Å². The summed E-state index contributed by atoms with van der Waals surface area (Å²) in [6.07, 6.45) is -0.387. The summed E-state index contributed by atoms with van der Waals surface area (Å²) >= 11 is 0. The first-order valence-corrected chi connectivity index (χ1v) is 7.46. The number of aryl methyl sites for hydroxylation is 1. The van der Waals surface area contributed by atoms with Crippen LogP contribution in [0.5, 0.6) is 0 Å². The number of benzene rings is 1. The lowest BCUT2D eigenvalue weighted by molar-refractivity contribution is 0.0935. The molecule has 0 saturated carbocycles. The number of carbonyl (C=O) groups is 2. The third-order valence-electron chi connectivity index (χ3n) is 3.72. The first-order chi connectivity index (χ1) is 11.0. The van der Waals surface area contributed by atoms with Crippen molar-refractivity contribution in [1.82, 2.24) is 5.32 Å². The van der Waals surface area contributed by atoms with Crippen LogP contribution in [0, 0.1) is 6.92 Å². The van der Waals surface area contributed by atoms with Crippen molar-refractivity contribution >= 4 is 17.7 Å². The Kier molecular flexibility index (Phi) is 4.06. The lowest BCUT2D eigenvalue weighted by atomic mass is 10.1. The highest BCUT2D eigenvalue weighted by molar-refractivity contribution is 5.97. The molecule has 6 heteroatoms. The van der Waals surface area contributed by atoms with Gasteiger partial charge in [0.1, 0.15) is 18.1 Å². The lowest BCUT2D eigenvalue weighted by Crippen LogP contribution is -2.27. The quantitative estimate of drug-likeness (QED) is 0.941. The molecule has 1 aromatic heterocycles. The zero-order valence-corrected chi connectivity index (χ0v) is 13.0. The molecule has 1 N–H and O–H groups in total. The highest BCUT2D eigenvalue weighted by Crippen LogP contribution is 2.21. The first kappa shape index (κ1) is 15.1. The van der Waals surface area contributed by atoms with Gasteiger partial charge in [0.25, 0.3) is 5.91 Å². The summed E-state index contributed by atoms with van der Waals surface area (Å²) < 4.78 is 10.4. The molecule has 3 rings (SSSR count). The zero-order valence-electron chi connectivity index (χ0n) is 13.0. The Hall–Kier alpha value is -2.76. The molecule has 0 aliphatic carbocycles. The minimum absolute atomic E-state index is 0.221. The molecular formula is C17H18N2O4. The van der Waals surface area contributed by atoms with Crippen molar-refractivity contribution in [2.24, 2.45) is 0 Å². The van der Waals surface area contributed by atoms with Gasteiger partial charge in [0.15, 0.2) is 0 Å². The molecule has 0 spiro atoms. The second-order valence-corrected chi connectivity index (χ2v) is 5.46. The van der Waals surface area contributed by atoms with E-state index in [-0.39, 0.29) is 18.0 Å². The van der Waals surface area contributed by atoms with E-state index in [2.05, 4.69) is 5.32 Å². The van der Waals surface area contributed by atoms with Gasteiger partial charge in [-0.25, -0.2) is 4.79 Å². The van der Waals surface area contributed by atoms with Crippen LogP contribution in [0.1, 0.15) is 34.8 Å². The number of hydrogen-bond acceptors (Lipinski definition) is 4. The number of cyclic esters (lactones) is 1. The van der Waals surface area contributed by atoms with E-state index >= 15 is 0 Å².